The first-order chi connectivity index (χ1) is 5.16. The van der Waals surface area contributed by atoms with Gasteiger partial charge in [-0.15, -0.1) is 5.10 Å². The monoisotopic (exact) mass is 156 g/mol. The molecule has 0 unspecified atom stereocenters. The van der Waals surface area contributed by atoms with Gasteiger partial charge in [-0.05, 0) is 6.92 Å². The van der Waals surface area contributed by atoms with Crippen LogP contribution < -0.4 is 5.43 Å². The van der Waals surface area contributed by atoms with Crippen LogP contribution in [0.1, 0.15) is 6.92 Å². The zero-order chi connectivity index (χ0) is 8.43. The van der Waals surface area contributed by atoms with Crippen molar-refractivity contribution in [1.82, 2.24) is 5.43 Å². The third-order valence-electron chi connectivity index (χ3n) is 1.24. The lowest BCUT2D eigenvalue weighted by molar-refractivity contribution is 0.226. The Hall–Kier alpha value is -1.44. The van der Waals surface area contributed by atoms with E-state index in [4.69, 9.17) is 5.26 Å². The molecule has 0 aromatic heterocycles. The lowest BCUT2D eigenvalue weighted by atomic mass is 10.1. The van der Waals surface area contributed by atoms with Crippen molar-refractivity contribution in [2.75, 3.05) is 0 Å². The summed E-state index contributed by atoms with van der Waals surface area (Å²) in [7, 11) is 0. The molecule has 1 radical (unpaired) electrons. The van der Waals surface area contributed by atoms with Crippen molar-refractivity contribution < 1.29 is 8.78 Å². The molecule has 1 aliphatic rings. The third kappa shape index (κ3) is 1.19. The first kappa shape index (κ1) is 7.66. The maximum Gasteiger partial charge on any atom is 0.283 e. The molecule has 0 saturated heterocycles. The molecule has 0 N–H and O–H groups in total. The Labute approximate surface area is 62.0 Å². The van der Waals surface area contributed by atoms with Crippen molar-refractivity contribution in [2.24, 2.45) is 5.10 Å². The maximum atomic E-state index is 12.0. The number of hydrogen-bond donors (Lipinski definition) is 0. The Morgan fingerprint density at radius 3 is 2.55 bits per heavy atom. The van der Waals surface area contributed by atoms with E-state index in [2.05, 4.69) is 10.5 Å². The topological polar surface area (TPSA) is 50.2 Å². The molecule has 0 amide bonds. The number of allylic oxidation sites excluding steroid dienone is 2. The van der Waals surface area contributed by atoms with E-state index >= 15 is 0 Å². The lowest BCUT2D eigenvalue weighted by Crippen LogP contribution is -2.10. The molecule has 57 valence electrons. The van der Waals surface area contributed by atoms with Crippen LogP contribution >= 0.6 is 0 Å². The molecule has 0 aromatic rings. The summed E-state index contributed by atoms with van der Waals surface area (Å²) in [6, 6.07) is 1.62. The quantitative estimate of drug-likeness (QED) is 0.559. The van der Waals surface area contributed by atoms with Crippen LogP contribution in [-0.4, -0.2) is 12.1 Å². The highest BCUT2D eigenvalue weighted by atomic mass is 19.3. The molecule has 1 aliphatic heterocycles. The van der Waals surface area contributed by atoms with Crippen molar-refractivity contribution in [3.8, 4) is 6.07 Å². The van der Waals surface area contributed by atoms with E-state index in [-0.39, 0.29) is 11.3 Å². The lowest BCUT2D eigenvalue weighted by Gasteiger charge is -1.93. The summed E-state index contributed by atoms with van der Waals surface area (Å²) < 4.78 is 23.9. The number of alkyl halides is 2. The molecule has 3 nitrogen and oxygen atoms in total. The first-order valence-electron chi connectivity index (χ1n) is 2.85. The van der Waals surface area contributed by atoms with E-state index in [1.165, 1.54) is 6.92 Å². The van der Waals surface area contributed by atoms with Crippen LogP contribution in [0, 0.1) is 11.3 Å². The largest absolute Gasteiger partial charge is 0.283 e. The SMILES string of the molecule is CC1=C(C#N)C(C(F)F)=N[N]1. The van der Waals surface area contributed by atoms with Crippen LogP contribution in [0.3, 0.4) is 0 Å². The maximum absolute atomic E-state index is 12.0. The van der Waals surface area contributed by atoms with Crippen LogP contribution in [0.15, 0.2) is 16.4 Å². The fourth-order valence-electron chi connectivity index (χ4n) is 0.705. The zero-order valence-corrected chi connectivity index (χ0v) is 5.67. The van der Waals surface area contributed by atoms with Gasteiger partial charge >= 0.3 is 0 Å². The second-order valence-corrected chi connectivity index (χ2v) is 1.96. The van der Waals surface area contributed by atoms with Crippen molar-refractivity contribution in [1.29, 1.82) is 5.26 Å². The molecule has 0 bridgehead atoms. The van der Waals surface area contributed by atoms with E-state index in [9.17, 15) is 8.78 Å². The van der Waals surface area contributed by atoms with Crippen LogP contribution in [0.2, 0.25) is 0 Å². The van der Waals surface area contributed by atoms with E-state index in [1.54, 1.807) is 6.07 Å². The van der Waals surface area contributed by atoms with Gasteiger partial charge in [0.2, 0.25) is 0 Å². The average Bonchev–Trinajstić information content (AvgIpc) is 2.30. The molecule has 0 spiro atoms. The Bertz CT molecular complexity index is 272. The second-order valence-electron chi connectivity index (χ2n) is 1.96. The van der Waals surface area contributed by atoms with Crippen molar-refractivity contribution in [2.45, 2.75) is 13.3 Å². The van der Waals surface area contributed by atoms with E-state index in [0.29, 0.717) is 0 Å². The predicted octanol–water partition coefficient (Wildman–Crippen LogP) is 1.02. The molecule has 0 fully saturated rings. The van der Waals surface area contributed by atoms with Gasteiger partial charge in [0.15, 0.2) is 0 Å². The van der Waals surface area contributed by atoms with E-state index in [0.717, 1.165) is 0 Å². The minimum absolute atomic E-state index is 0.111. The number of nitriles is 1. The van der Waals surface area contributed by atoms with E-state index in [1.807, 2.05) is 0 Å². The van der Waals surface area contributed by atoms with Crippen molar-refractivity contribution >= 4 is 5.71 Å². The minimum atomic E-state index is -2.72. The van der Waals surface area contributed by atoms with E-state index < -0.39 is 12.1 Å². The predicted molar refractivity (Wildman–Crippen MR) is 33.9 cm³/mol. The Morgan fingerprint density at radius 1 is 1.55 bits per heavy atom. The summed E-state index contributed by atoms with van der Waals surface area (Å²) in [4.78, 5) is 0. The minimum Gasteiger partial charge on any atom is -0.203 e. The van der Waals surface area contributed by atoms with Crippen LogP contribution in [0.5, 0.6) is 0 Å². The van der Waals surface area contributed by atoms with Gasteiger partial charge in [-0.1, -0.05) is 0 Å². The number of hydrogen-bond acceptors (Lipinski definition) is 2. The van der Waals surface area contributed by atoms with Gasteiger partial charge < -0.3 is 0 Å². The molecule has 0 aromatic carbocycles. The molecule has 0 atom stereocenters. The molecular weight excluding hydrogens is 152 g/mol. The Kier molecular flexibility index (Phi) is 1.85. The van der Waals surface area contributed by atoms with Gasteiger partial charge in [-0.2, -0.15) is 10.7 Å². The molecule has 11 heavy (non-hydrogen) atoms. The fraction of sp³-hybridized carbons (Fsp3) is 0.333. The van der Waals surface area contributed by atoms with Crippen LogP contribution in [-0.2, 0) is 0 Å². The highest BCUT2D eigenvalue weighted by molar-refractivity contribution is 6.07. The molecule has 1 heterocycles. The van der Waals surface area contributed by atoms with Gasteiger partial charge in [-0.25, -0.2) is 8.78 Å². The van der Waals surface area contributed by atoms with Crippen LogP contribution in [0.25, 0.3) is 0 Å². The van der Waals surface area contributed by atoms with Gasteiger partial charge in [0.1, 0.15) is 17.4 Å². The standard InChI is InChI=1S/C6H4F2N3/c1-3-4(2-9)5(6(7)8)11-10-3/h6H,1H3. The normalized spacial score (nSPS) is 16.5. The third-order valence-corrected chi connectivity index (χ3v) is 1.24. The van der Waals surface area contributed by atoms with Gasteiger partial charge in [-0.3, -0.25) is 0 Å². The molecular formula is C6H4F2N3. The fourth-order valence-corrected chi connectivity index (χ4v) is 0.705. The Morgan fingerprint density at radius 2 is 2.18 bits per heavy atom. The summed E-state index contributed by atoms with van der Waals surface area (Å²) in [5.41, 5.74) is 2.97. The summed E-state index contributed by atoms with van der Waals surface area (Å²) in [5.74, 6) is 0. The number of rotatable bonds is 1. The smallest absolute Gasteiger partial charge is 0.203 e. The molecule has 0 saturated carbocycles. The molecule has 0 aliphatic carbocycles. The molecule has 5 heteroatoms. The van der Waals surface area contributed by atoms with Gasteiger partial charge in [0, 0.05) is 0 Å². The average molecular weight is 156 g/mol. The summed E-state index contributed by atoms with van der Waals surface area (Å²) in [5, 5.41) is 11.5. The van der Waals surface area contributed by atoms with Crippen molar-refractivity contribution in [3.63, 3.8) is 0 Å². The number of halogens is 2. The highest BCUT2D eigenvalue weighted by Gasteiger charge is 2.25. The van der Waals surface area contributed by atoms with Crippen LogP contribution in [0.4, 0.5) is 8.78 Å². The Balaban J connectivity index is 2.96. The number of nitrogens with zero attached hydrogens (tertiary/aromatic N) is 3. The second kappa shape index (κ2) is 2.66. The summed E-state index contributed by atoms with van der Waals surface area (Å²) in [6.07, 6.45) is -2.72. The first-order valence-corrected chi connectivity index (χ1v) is 2.85. The van der Waals surface area contributed by atoms with Gasteiger partial charge in [0.25, 0.3) is 6.43 Å². The zero-order valence-electron chi connectivity index (χ0n) is 5.67. The summed E-state index contributed by atoms with van der Waals surface area (Å²) >= 11 is 0. The van der Waals surface area contributed by atoms with Gasteiger partial charge in [0.05, 0.1) is 5.70 Å². The summed E-state index contributed by atoms with van der Waals surface area (Å²) in [6.45, 7) is 1.47. The molecule has 1 rings (SSSR count). The van der Waals surface area contributed by atoms with Crippen molar-refractivity contribution in [3.05, 3.63) is 11.3 Å². The highest BCUT2D eigenvalue weighted by Crippen LogP contribution is 2.15.